The highest BCUT2D eigenvalue weighted by atomic mass is 19.2. The SMILES string of the molecule is COc1cn(CC2=C=C=C(F)C(F)=C2)c(Nc2cc(OC(C)C)ccc2C)nc1=O. The number of nitrogens with one attached hydrogen (secondary N) is 1. The van der Waals surface area contributed by atoms with E-state index in [0.29, 0.717) is 17.0 Å². The molecule has 0 saturated heterocycles. The molecule has 156 valence electrons. The average molecular weight is 413 g/mol. The summed E-state index contributed by atoms with van der Waals surface area (Å²) in [7, 11) is 1.35. The first kappa shape index (κ1) is 21.1. The fourth-order valence-corrected chi connectivity index (χ4v) is 2.75. The van der Waals surface area contributed by atoms with Crippen molar-refractivity contribution in [1.82, 2.24) is 9.55 Å². The van der Waals surface area contributed by atoms with E-state index in [1.807, 2.05) is 32.9 Å². The maximum Gasteiger partial charge on any atom is 0.316 e. The Hall–Kier alpha value is -3.60. The van der Waals surface area contributed by atoms with E-state index in [1.165, 1.54) is 13.3 Å². The number of aromatic nitrogens is 2. The van der Waals surface area contributed by atoms with E-state index >= 15 is 0 Å². The van der Waals surface area contributed by atoms with Crippen LogP contribution in [0.4, 0.5) is 20.4 Å². The van der Waals surface area contributed by atoms with Gasteiger partial charge in [0.1, 0.15) is 5.75 Å². The minimum absolute atomic E-state index is 0.00184. The van der Waals surface area contributed by atoms with Crippen molar-refractivity contribution in [3.05, 3.63) is 75.1 Å². The number of methoxy groups -OCH3 is 1. The molecule has 30 heavy (non-hydrogen) atoms. The Kier molecular flexibility index (Phi) is 6.21. The molecule has 1 N–H and O–H groups in total. The molecule has 1 aliphatic rings. The van der Waals surface area contributed by atoms with Crippen molar-refractivity contribution in [3.8, 4) is 11.5 Å². The number of hydrogen-bond donors (Lipinski definition) is 1. The zero-order valence-corrected chi connectivity index (χ0v) is 17.0. The molecule has 0 bridgehead atoms. The lowest BCUT2D eigenvalue weighted by Crippen LogP contribution is -2.19. The van der Waals surface area contributed by atoms with Gasteiger partial charge in [0, 0.05) is 17.3 Å². The minimum Gasteiger partial charge on any atom is -0.491 e. The predicted octanol–water partition coefficient (Wildman–Crippen LogP) is 4.49. The molecule has 0 spiro atoms. The summed E-state index contributed by atoms with van der Waals surface area (Å²) in [6.45, 7) is 5.79. The largest absolute Gasteiger partial charge is 0.491 e. The summed E-state index contributed by atoms with van der Waals surface area (Å²) in [5, 5.41) is 3.12. The van der Waals surface area contributed by atoms with Crippen molar-refractivity contribution in [1.29, 1.82) is 0 Å². The fourth-order valence-electron chi connectivity index (χ4n) is 2.75. The van der Waals surface area contributed by atoms with Crippen LogP contribution in [0, 0.1) is 6.92 Å². The maximum absolute atomic E-state index is 13.6. The molecular formula is C22H21F2N3O3. The van der Waals surface area contributed by atoms with Crippen molar-refractivity contribution in [2.45, 2.75) is 33.4 Å². The maximum atomic E-state index is 13.6. The molecular weight excluding hydrogens is 392 g/mol. The third kappa shape index (κ3) is 4.87. The molecule has 0 aliphatic heterocycles. The summed E-state index contributed by atoms with van der Waals surface area (Å²) in [6, 6.07) is 5.53. The predicted molar refractivity (Wildman–Crippen MR) is 110 cm³/mol. The Morgan fingerprint density at radius 2 is 2.03 bits per heavy atom. The second kappa shape index (κ2) is 8.82. The molecule has 0 fully saturated rings. The van der Waals surface area contributed by atoms with Crippen LogP contribution in [0.3, 0.4) is 0 Å². The molecule has 8 heteroatoms. The smallest absolute Gasteiger partial charge is 0.316 e. The molecule has 2 aromatic rings. The number of nitrogens with zero attached hydrogens (tertiary/aromatic N) is 2. The number of halogens is 2. The monoisotopic (exact) mass is 413 g/mol. The zero-order chi connectivity index (χ0) is 21.8. The molecule has 6 nitrogen and oxygen atoms in total. The molecule has 3 rings (SSSR count). The highest BCUT2D eigenvalue weighted by Gasteiger charge is 2.14. The van der Waals surface area contributed by atoms with E-state index in [4.69, 9.17) is 9.47 Å². The summed E-state index contributed by atoms with van der Waals surface area (Å²) >= 11 is 0. The lowest BCUT2D eigenvalue weighted by atomic mass is 10.2. The Labute approximate surface area is 172 Å². The highest BCUT2D eigenvalue weighted by Crippen LogP contribution is 2.26. The average Bonchev–Trinajstić information content (AvgIpc) is 2.68. The third-order valence-electron chi connectivity index (χ3n) is 4.19. The normalized spacial score (nSPS) is 13.0. The van der Waals surface area contributed by atoms with E-state index < -0.39 is 17.2 Å². The van der Waals surface area contributed by atoms with E-state index in [1.54, 1.807) is 10.6 Å². The summed E-state index contributed by atoms with van der Waals surface area (Å²) < 4.78 is 39.1. The van der Waals surface area contributed by atoms with Gasteiger partial charge in [0.2, 0.25) is 17.5 Å². The van der Waals surface area contributed by atoms with Crippen LogP contribution in [0.25, 0.3) is 0 Å². The van der Waals surface area contributed by atoms with E-state index in [0.717, 1.165) is 11.6 Å². The quantitative estimate of drug-likeness (QED) is 0.678. The van der Waals surface area contributed by atoms with Crippen molar-refractivity contribution in [2.24, 2.45) is 0 Å². The van der Waals surface area contributed by atoms with Gasteiger partial charge in [-0.25, -0.2) is 4.39 Å². The molecule has 0 radical (unpaired) electrons. The van der Waals surface area contributed by atoms with Crippen LogP contribution >= 0.6 is 0 Å². The van der Waals surface area contributed by atoms with Gasteiger partial charge in [-0.1, -0.05) is 11.8 Å². The molecule has 0 atom stereocenters. The zero-order valence-electron chi connectivity index (χ0n) is 17.0. The van der Waals surface area contributed by atoms with Gasteiger partial charge >= 0.3 is 5.56 Å². The van der Waals surface area contributed by atoms with Crippen molar-refractivity contribution in [3.63, 3.8) is 0 Å². The van der Waals surface area contributed by atoms with Gasteiger partial charge in [0.15, 0.2) is 5.83 Å². The van der Waals surface area contributed by atoms with Crippen LogP contribution in [0.15, 0.2) is 64.0 Å². The topological polar surface area (TPSA) is 65.4 Å². The summed E-state index contributed by atoms with van der Waals surface area (Å²) in [5.41, 5.74) is 5.99. The first-order valence-corrected chi connectivity index (χ1v) is 9.24. The number of allylic oxidation sites excluding steroid dienone is 4. The third-order valence-corrected chi connectivity index (χ3v) is 4.19. The molecule has 0 unspecified atom stereocenters. The first-order valence-electron chi connectivity index (χ1n) is 9.24. The minimum atomic E-state index is -1.11. The molecule has 0 saturated carbocycles. The Morgan fingerprint density at radius 3 is 2.70 bits per heavy atom. The molecule has 1 aliphatic carbocycles. The van der Waals surface area contributed by atoms with Crippen LogP contribution in [-0.4, -0.2) is 22.8 Å². The highest BCUT2D eigenvalue weighted by molar-refractivity contribution is 5.61. The molecule has 1 aromatic heterocycles. The number of ether oxygens (including phenoxy) is 2. The second-order valence-electron chi connectivity index (χ2n) is 6.92. The molecule has 1 aromatic carbocycles. The lowest BCUT2D eigenvalue weighted by molar-refractivity contribution is 0.242. The Balaban J connectivity index is 2.02. The van der Waals surface area contributed by atoms with Gasteiger partial charge in [-0.3, -0.25) is 4.79 Å². The van der Waals surface area contributed by atoms with Gasteiger partial charge in [0.05, 0.1) is 26.0 Å². The van der Waals surface area contributed by atoms with E-state index in [2.05, 4.69) is 21.8 Å². The van der Waals surface area contributed by atoms with Crippen molar-refractivity contribution in [2.75, 3.05) is 12.4 Å². The lowest BCUT2D eigenvalue weighted by Gasteiger charge is -2.17. The van der Waals surface area contributed by atoms with Gasteiger partial charge in [-0.15, -0.1) is 0 Å². The van der Waals surface area contributed by atoms with Crippen molar-refractivity contribution >= 4 is 11.6 Å². The van der Waals surface area contributed by atoms with Gasteiger partial charge in [-0.2, -0.15) is 9.37 Å². The summed E-state index contributed by atoms with van der Waals surface area (Å²) in [4.78, 5) is 16.3. The fraction of sp³-hybridized carbons (Fsp3) is 0.273. The summed E-state index contributed by atoms with van der Waals surface area (Å²) in [5.74, 6) is -1.27. The second-order valence-corrected chi connectivity index (χ2v) is 6.92. The van der Waals surface area contributed by atoms with Crippen molar-refractivity contribution < 1.29 is 18.3 Å². The van der Waals surface area contributed by atoms with E-state index in [9.17, 15) is 13.6 Å². The van der Waals surface area contributed by atoms with Crippen LogP contribution in [0.1, 0.15) is 19.4 Å². The summed E-state index contributed by atoms with van der Waals surface area (Å²) in [6.07, 6.45) is 2.46. The Morgan fingerprint density at radius 1 is 1.27 bits per heavy atom. The molecule has 0 amide bonds. The standard InChI is InChI=1S/C22H21F2N3O3/c1-13(2)30-16-7-5-14(3)19(10-16)25-22-26-21(28)20(29-4)12-27(22)11-15-6-8-17(23)18(24)9-15/h5,7,9-10,12-13H,11H2,1-4H3,(H,25,26,28). The van der Waals surface area contributed by atoms with E-state index in [-0.39, 0.29) is 24.3 Å². The van der Waals surface area contributed by atoms with Crippen LogP contribution < -0.4 is 20.3 Å². The van der Waals surface area contributed by atoms with Crippen LogP contribution in [-0.2, 0) is 6.54 Å². The van der Waals surface area contributed by atoms with Gasteiger partial charge in [-0.05, 0) is 44.2 Å². The molecule has 1 heterocycles. The first-order chi connectivity index (χ1) is 14.3. The van der Waals surface area contributed by atoms with Gasteiger partial charge in [0.25, 0.3) is 0 Å². The number of hydrogen-bond acceptors (Lipinski definition) is 5. The number of aryl methyl sites for hydroxylation is 1. The number of benzene rings is 1. The number of anilines is 2. The number of rotatable bonds is 7. The van der Waals surface area contributed by atoms with Gasteiger partial charge < -0.3 is 19.4 Å². The van der Waals surface area contributed by atoms with Crippen LogP contribution in [0.5, 0.6) is 11.5 Å². The Bertz CT molecular complexity index is 1170. The van der Waals surface area contributed by atoms with Crippen LogP contribution in [0.2, 0.25) is 0 Å².